The summed E-state index contributed by atoms with van der Waals surface area (Å²) in [6.07, 6.45) is -0.589. The van der Waals surface area contributed by atoms with Gasteiger partial charge >= 0.3 is 0 Å². The first kappa shape index (κ1) is 25.5. The Morgan fingerprint density at radius 1 is 1.22 bits per heavy atom. The van der Waals surface area contributed by atoms with Crippen molar-refractivity contribution in [1.82, 2.24) is 15.6 Å². The fourth-order valence-corrected chi connectivity index (χ4v) is 3.38. The zero-order valence-corrected chi connectivity index (χ0v) is 19.3. The van der Waals surface area contributed by atoms with Crippen LogP contribution in [-0.2, 0) is 11.2 Å². The molecular weight excluding hydrogens is 440 g/mol. The maximum Gasteiger partial charge on any atom is 0.272 e. The van der Waals surface area contributed by atoms with Crippen molar-refractivity contribution in [2.45, 2.75) is 46.6 Å². The molecule has 1 heterocycles. The van der Waals surface area contributed by atoms with Crippen LogP contribution in [0.15, 0.2) is 30.5 Å². The Morgan fingerprint density at radius 3 is 2.56 bits per heavy atom. The summed E-state index contributed by atoms with van der Waals surface area (Å²) in [6.45, 7) is 6.74. The third-order valence-corrected chi connectivity index (χ3v) is 5.05. The quantitative estimate of drug-likeness (QED) is 0.539. The number of nitrogens with zero attached hydrogens (tertiary/aromatic N) is 1. The first-order valence-corrected chi connectivity index (χ1v) is 10.7. The number of hydrogen-bond donors (Lipinski definition) is 2. The molecule has 0 aliphatic carbocycles. The number of amides is 2. The van der Waals surface area contributed by atoms with Crippen molar-refractivity contribution < 1.29 is 23.1 Å². The number of hydrogen-bond acceptors (Lipinski definition) is 4. The van der Waals surface area contributed by atoms with E-state index in [0.29, 0.717) is 35.3 Å². The van der Waals surface area contributed by atoms with E-state index >= 15 is 0 Å². The summed E-state index contributed by atoms with van der Waals surface area (Å²) < 4.78 is 30.0. The van der Waals surface area contributed by atoms with Crippen molar-refractivity contribution in [3.05, 3.63) is 57.9 Å². The summed E-state index contributed by atoms with van der Waals surface area (Å²) >= 11 is 6.22. The highest BCUT2D eigenvalue weighted by molar-refractivity contribution is 6.32. The van der Waals surface area contributed by atoms with Crippen LogP contribution in [0.2, 0.25) is 5.02 Å². The highest BCUT2D eigenvalue weighted by Crippen LogP contribution is 2.32. The number of alkyl halides is 2. The SMILES string of the molecule is Cc1cc(C(C)NC(=O)c2cccnc2CCNC(=O)C(C)C)cc(Cl)c1OCC(F)F. The number of aromatic nitrogens is 1. The van der Waals surface area contributed by atoms with Gasteiger partial charge in [0, 0.05) is 25.1 Å². The van der Waals surface area contributed by atoms with Crippen LogP contribution in [-0.4, -0.2) is 36.4 Å². The van der Waals surface area contributed by atoms with Gasteiger partial charge in [-0.2, -0.15) is 0 Å². The second-order valence-corrected chi connectivity index (χ2v) is 8.15. The number of aryl methyl sites for hydroxylation is 1. The summed E-state index contributed by atoms with van der Waals surface area (Å²) in [6, 6.07) is 6.27. The lowest BCUT2D eigenvalue weighted by atomic mass is 10.0. The number of carbonyl (C=O) groups excluding carboxylic acids is 2. The van der Waals surface area contributed by atoms with Gasteiger partial charge in [-0.1, -0.05) is 31.5 Å². The van der Waals surface area contributed by atoms with Crippen LogP contribution >= 0.6 is 11.6 Å². The lowest BCUT2D eigenvalue weighted by Gasteiger charge is -2.19. The van der Waals surface area contributed by atoms with E-state index < -0.39 is 19.1 Å². The Labute approximate surface area is 191 Å². The summed E-state index contributed by atoms with van der Waals surface area (Å²) in [4.78, 5) is 28.9. The van der Waals surface area contributed by atoms with E-state index in [0.717, 1.165) is 0 Å². The number of nitrogens with one attached hydrogen (secondary N) is 2. The normalized spacial score (nSPS) is 12.0. The van der Waals surface area contributed by atoms with Gasteiger partial charge in [-0.15, -0.1) is 0 Å². The van der Waals surface area contributed by atoms with Crippen LogP contribution in [0.3, 0.4) is 0 Å². The highest BCUT2D eigenvalue weighted by Gasteiger charge is 2.18. The molecule has 0 bridgehead atoms. The van der Waals surface area contributed by atoms with Crippen molar-refractivity contribution in [2.75, 3.05) is 13.2 Å². The number of halogens is 3. The number of carbonyl (C=O) groups is 2. The van der Waals surface area contributed by atoms with E-state index in [1.807, 2.05) is 13.8 Å². The standard InChI is InChI=1S/C23H28ClF2N3O3/c1-13(2)22(30)28-9-7-19-17(6-5-8-27-19)23(31)29-15(4)16-10-14(3)21(18(24)11-16)32-12-20(25)26/h5-6,8,10-11,13,15,20H,7,9,12H2,1-4H3,(H,28,30)(H,29,31). The minimum absolute atomic E-state index is 0.0613. The molecule has 1 aromatic carbocycles. The molecule has 0 fully saturated rings. The van der Waals surface area contributed by atoms with Gasteiger partial charge in [0.15, 0.2) is 0 Å². The molecule has 2 N–H and O–H groups in total. The van der Waals surface area contributed by atoms with E-state index in [-0.39, 0.29) is 28.5 Å². The molecular formula is C23H28ClF2N3O3. The van der Waals surface area contributed by atoms with Crippen LogP contribution in [0.4, 0.5) is 8.78 Å². The predicted molar refractivity (Wildman–Crippen MR) is 119 cm³/mol. The van der Waals surface area contributed by atoms with Gasteiger partial charge in [0.2, 0.25) is 5.91 Å². The van der Waals surface area contributed by atoms with Crippen LogP contribution in [0.25, 0.3) is 0 Å². The summed E-state index contributed by atoms with van der Waals surface area (Å²) in [5.74, 6) is -0.298. The van der Waals surface area contributed by atoms with E-state index in [2.05, 4.69) is 15.6 Å². The predicted octanol–water partition coefficient (Wildman–Crippen LogP) is 4.49. The van der Waals surface area contributed by atoms with Crippen LogP contribution in [0.1, 0.15) is 54.0 Å². The van der Waals surface area contributed by atoms with Crippen LogP contribution < -0.4 is 15.4 Å². The third kappa shape index (κ3) is 7.15. The smallest absolute Gasteiger partial charge is 0.272 e. The minimum Gasteiger partial charge on any atom is -0.486 e. The average Bonchev–Trinajstić information content (AvgIpc) is 2.72. The van der Waals surface area contributed by atoms with Gasteiger partial charge in [-0.25, -0.2) is 8.78 Å². The maximum absolute atomic E-state index is 12.9. The van der Waals surface area contributed by atoms with Crippen LogP contribution in [0.5, 0.6) is 5.75 Å². The zero-order chi connectivity index (χ0) is 23.8. The molecule has 174 valence electrons. The fourth-order valence-electron chi connectivity index (χ4n) is 3.05. The maximum atomic E-state index is 12.9. The molecule has 1 atom stereocenters. The first-order chi connectivity index (χ1) is 15.1. The average molecular weight is 468 g/mol. The number of pyridine rings is 1. The van der Waals surface area contributed by atoms with Crippen molar-refractivity contribution >= 4 is 23.4 Å². The Kier molecular flexibility index (Phi) is 9.38. The van der Waals surface area contributed by atoms with Gasteiger partial charge in [0.25, 0.3) is 12.3 Å². The van der Waals surface area contributed by atoms with Crippen molar-refractivity contribution in [2.24, 2.45) is 5.92 Å². The molecule has 0 spiro atoms. The van der Waals surface area contributed by atoms with E-state index in [4.69, 9.17) is 16.3 Å². The molecule has 0 saturated heterocycles. The van der Waals surface area contributed by atoms with Crippen molar-refractivity contribution in [1.29, 1.82) is 0 Å². The zero-order valence-electron chi connectivity index (χ0n) is 18.5. The number of benzene rings is 1. The second kappa shape index (κ2) is 11.8. The third-order valence-electron chi connectivity index (χ3n) is 4.77. The minimum atomic E-state index is -2.60. The van der Waals surface area contributed by atoms with Gasteiger partial charge in [0.1, 0.15) is 12.4 Å². The highest BCUT2D eigenvalue weighted by atomic mass is 35.5. The molecule has 9 heteroatoms. The topological polar surface area (TPSA) is 80.3 Å². The Hall–Kier alpha value is -2.74. The molecule has 2 aromatic rings. The van der Waals surface area contributed by atoms with Gasteiger partial charge in [0.05, 0.1) is 22.3 Å². The number of ether oxygens (including phenoxy) is 1. The monoisotopic (exact) mass is 467 g/mol. The van der Waals surface area contributed by atoms with E-state index in [1.165, 1.54) is 0 Å². The molecule has 1 aromatic heterocycles. The molecule has 2 amide bonds. The van der Waals surface area contributed by atoms with Crippen molar-refractivity contribution in [3.63, 3.8) is 0 Å². The Morgan fingerprint density at radius 2 is 1.94 bits per heavy atom. The molecule has 2 rings (SSSR count). The van der Waals surface area contributed by atoms with Crippen molar-refractivity contribution in [3.8, 4) is 5.75 Å². The Balaban J connectivity index is 2.09. The van der Waals surface area contributed by atoms with Gasteiger partial charge < -0.3 is 15.4 Å². The summed E-state index contributed by atoms with van der Waals surface area (Å²) in [5, 5.41) is 5.92. The summed E-state index contributed by atoms with van der Waals surface area (Å²) in [5.41, 5.74) is 2.29. The lowest BCUT2D eigenvalue weighted by Crippen LogP contribution is -2.31. The molecule has 0 aliphatic rings. The van der Waals surface area contributed by atoms with Gasteiger partial charge in [-0.3, -0.25) is 14.6 Å². The Bertz CT molecular complexity index is 931. The van der Waals surface area contributed by atoms with E-state index in [9.17, 15) is 18.4 Å². The molecule has 0 aliphatic heterocycles. The lowest BCUT2D eigenvalue weighted by molar-refractivity contribution is -0.123. The largest absolute Gasteiger partial charge is 0.486 e. The van der Waals surface area contributed by atoms with Gasteiger partial charge in [-0.05, 0) is 43.2 Å². The first-order valence-electron chi connectivity index (χ1n) is 10.3. The number of rotatable bonds is 10. The fraction of sp³-hybridized carbons (Fsp3) is 0.435. The molecule has 32 heavy (non-hydrogen) atoms. The molecule has 0 saturated carbocycles. The molecule has 6 nitrogen and oxygen atoms in total. The molecule has 0 radical (unpaired) electrons. The van der Waals surface area contributed by atoms with E-state index in [1.54, 1.807) is 44.3 Å². The van der Waals surface area contributed by atoms with Crippen LogP contribution in [0, 0.1) is 12.8 Å². The second-order valence-electron chi connectivity index (χ2n) is 7.74. The molecule has 1 unspecified atom stereocenters. The summed E-state index contributed by atoms with van der Waals surface area (Å²) in [7, 11) is 0.